The Hall–Kier alpha value is 1.21. The van der Waals surface area contributed by atoms with Crippen molar-refractivity contribution in [2.75, 3.05) is 6.66 Å². The van der Waals surface area contributed by atoms with Crippen LogP contribution in [0, 0.1) is 0 Å². The molecule has 0 saturated heterocycles. The second-order valence-corrected chi connectivity index (χ2v) is 5.27. The summed E-state index contributed by atoms with van der Waals surface area (Å²) >= 11 is 3.96. The molecule has 0 aromatic heterocycles. The van der Waals surface area contributed by atoms with Gasteiger partial charge in [0.2, 0.25) is 0 Å². The summed E-state index contributed by atoms with van der Waals surface area (Å²) in [6, 6.07) is 0. The number of thiol groups is 1. The van der Waals surface area contributed by atoms with Gasteiger partial charge in [-0.1, -0.05) is 8.27 Å². The first-order valence-corrected chi connectivity index (χ1v) is 5.76. The van der Waals surface area contributed by atoms with Crippen LogP contribution in [0.25, 0.3) is 0 Å². The predicted octanol–water partition coefficient (Wildman–Crippen LogP) is 1.73. The molecule has 0 bridgehead atoms. The molecule has 4 heavy (non-hydrogen) atoms. The highest BCUT2D eigenvalue weighted by Crippen LogP contribution is 2.36. The van der Waals surface area contributed by atoms with Gasteiger partial charge in [0, 0.05) is 0 Å². The smallest absolute Gasteiger partial charge is 0.0428 e. The largest absolute Gasteiger partial charge is 0.150 e. The summed E-state index contributed by atoms with van der Waals surface area (Å²) in [7, 11) is 1.90. The van der Waals surface area contributed by atoms with E-state index in [4.69, 9.17) is 0 Å². The molecule has 26 valence electrons. The van der Waals surface area contributed by atoms with Crippen LogP contribution < -0.4 is 0 Å². The molecule has 0 rings (SSSR count). The molecule has 2 unspecified atom stereocenters. The molecule has 0 aliphatic heterocycles. The lowest BCUT2D eigenvalue weighted by Crippen LogP contribution is -1.06. The minimum absolute atomic E-state index is 0.863. The molecule has 0 nitrogen and oxygen atoms in total. The zero-order chi connectivity index (χ0) is 3.41. The van der Waals surface area contributed by atoms with Crippen LogP contribution in [-0.2, 0) is 0 Å². The average Bonchev–Trinajstić information content (AvgIpc) is 1.37. The highest BCUT2D eigenvalue weighted by Gasteiger charge is 1.54. The zero-order valence-electron chi connectivity index (χ0n) is 2.45. The van der Waals surface area contributed by atoms with Crippen molar-refractivity contribution in [1.82, 2.24) is 0 Å². The highest BCUT2D eigenvalue weighted by molar-refractivity contribution is 8.59. The number of rotatable bonds is 1. The van der Waals surface area contributed by atoms with Crippen LogP contribution in [0.5, 0.6) is 0 Å². The SMILES string of the molecule is CPPS. The number of hydrogen-bond donors (Lipinski definition) is 1. The summed E-state index contributed by atoms with van der Waals surface area (Å²) in [6.07, 6.45) is 0. The first-order chi connectivity index (χ1) is 1.91. The highest BCUT2D eigenvalue weighted by atomic mass is 32.8. The maximum atomic E-state index is 3.96. The predicted molar refractivity (Wildman–Crippen MR) is 31.5 cm³/mol. The average molecular weight is 112 g/mol. The molecule has 3 heteroatoms. The molecule has 0 radical (unpaired) electrons. The molecule has 0 amide bonds. The lowest BCUT2D eigenvalue weighted by Gasteiger charge is -1.69. The third-order valence-corrected chi connectivity index (χ3v) is 3.02. The molecule has 0 aliphatic rings. The van der Waals surface area contributed by atoms with Crippen LogP contribution in [0.15, 0.2) is 0 Å². The third-order valence-electron chi connectivity index (χ3n) is 0.112. The summed E-state index contributed by atoms with van der Waals surface area (Å²) in [5.41, 5.74) is 0. The molecule has 0 heterocycles. The minimum Gasteiger partial charge on any atom is -0.150 e. The molecule has 0 aromatic rings. The van der Waals surface area contributed by atoms with Crippen LogP contribution in [0.3, 0.4) is 0 Å². The van der Waals surface area contributed by atoms with Crippen LogP contribution in [0.2, 0.25) is 0 Å². The van der Waals surface area contributed by atoms with Crippen molar-refractivity contribution in [1.29, 1.82) is 0 Å². The number of hydrogen-bond acceptors (Lipinski definition) is 1. The Bertz CT molecular complexity index is 8.00. The van der Waals surface area contributed by atoms with Gasteiger partial charge in [-0.05, 0) is 14.1 Å². The van der Waals surface area contributed by atoms with Gasteiger partial charge in [0.25, 0.3) is 0 Å². The Balaban J connectivity index is 1.97. The lowest BCUT2D eigenvalue weighted by molar-refractivity contribution is 2.51. The van der Waals surface area contributed by atoms with E-state index in [9.17, 15) is 0 Å². The van der Waals surface area contributed by atoms with Gasteiger partial charge in [-0.2, -0.15) is 12.2 Å². The molecular weight excluding hydrogens is 106 g/mol. The Kier molecular flexibility index (Phi) is 5.48. The van der Waals surface area contributed by atoms with E-state index < -0.39 is 0 Å². The van der Waals surface area contributed by atoms with E-state index in [1.54, 1.807) is 0 Å². The first-order valence-electron chi connectivity index (χ1n) is 0.974. The molecular formula is CH6P2S. The van der Waals surface area contributed by atoms with Crippen LogP contribution in [0.1, 0.15) is 0 Å². The summed E-state index contributed by atoms with van der Waals surface area (Å²) < 4.78 is 0. The van der Waals surface area contributed by atoms with Crippen molar-refractivity contribution in [3.8, 4) is 0 Å². The normalized spacial score (nSPS) is 13.5. The van der Waals surface area contributed by atoms with Crippen molar-refractivity contribution in [2.24, 2.45) is 0 Å². The molecule has 2 atom stereocenters. The Labute approximate surface area is 35.4 Å². The van der Waals surface area contributed by atoms with Gasteiger partial charge >= 0.3 is 0 Å². The minimum atomic E-state index is 0.863. The summed E-state index contributed by atoms with van der Waals surface area (Å²) in [5, 5.41) is 0. The second-order valence-electron chi connectivity index (χ2n) is 0.362. The van der Waals surface area contributed by atoms with Gasteiger partial charge in [-0.15, -0.1) is 0 Å². The van der Waals surface area contributed by atoms with Crippen LogP contribution in [0.4, 0.5) is 0 Å². The summed E-state index contributed by atoms with van der Waals surface area (Å²) in [4.78, 5) is 0. The monoisotopic (exact) mass is 112 g/mol. The Morgan fingerprint density at radius 2 is 2.00 bits per heavy atom. The maximum Gasteiger partial charge on any atom is -0.0428 e. The summed E-state index contributed by atoms with van der Waals surface area (Å²) in [5.74, 6) is 0. The molecule has 0 N–H and O–H groups in total. The van der Waals surface area contributed by atoms with Crippen molar-refractivity contribution in [3.05, 3.63) is 0 Å². The summed E-state index contributed by atoms with van der Waals surface area (Å²) in [6.45, 7) is 2.14. The fourth-order valence-corrected chi connectivity index (χ4v) is 0. The molecule has 0 saturated carbocycles. The van der Waals surface area contributed by atoms with Crippen molar-refractivity contribution >= 4 is 28.0 Å². The van der Waals surface area contributed by atoms with Gasteiger partial charge in [0.05, 0.1) is 0 Å². The molecule has 0 fully saturated rings. The fraction of sp³-hybridized carbons (Fsp3) is 1.00. The van der Waals surface area contributed by atoms with Gasteiger partial charge < -0.3 is 0 Å². The third kappa shape index (κ3) is 3.21. The first kappa shape index (κ1) is 5.21. The van der Waals surface area contributed by atoms with E-state index in [1.807, 2.05) is 0 Å². The van der Waals surface area contributed by atoms with Gasteiger partial charge in [0.15, 0.2) is 0 Å². The van der Waals surface area contributed by atoms with E-state index in [0.717, 1.165) is 15.7 Å². The van der Waals surface area contributed by atoms with Crippen LogP contribution in [-0.4, -0.2) is 6.66 Å². The topological polar surface area (TPSA) is 0 Å². The lowest BCUT2D eigenvalue weighted by atomic mass is 12.0. The van der Waals surface area contributed by atoms with E-state index in [-0.39, 0.29) is 0 Å². The zero-order valence-corrected chi connectivity index (χ0v) is 5.34. The standard InChI is InChI=1S/CH6P2S/c1-2-3-4/h2-4H,1H3. The van der Waals surface area contributed by atoms with Crippen molar-refractivity contribution in [2.45, 2.75) is 0 Å². The van der Waals surface area contributed by atoms with Crippen LogP contribution >= 0.6 is 28.0 Å². The maximum absolute atomic E-state index is 3.96. The van der Waals surface area contributed by atoms with E-state index in [1.165, 1.54) is 0 Å². The van der Waals surface area contributed by atoms with E-state index in [2.05, 4.69) is 18.9 Å². The fourth-order valence-electron chi connectivity index (χ4n) is 0. The molecule has 0 spiro atoms. The van der Waals surface area contributed by atoms with E-state index >= 15 is 0 Å². The quantitative estimate of drug-likeness (QED) is 0.387. The Morgan fingerprint density at radius 1 is 1.75 bits per heavy atom. The Morgan fingerprint density at radius 3 is 2.00 bits per heavy atom. The molecule has 0 aromatic carbocycles. The molecule has 0 aliphatic carbocycles. The van der Waals surface area contributed by atoms with Gasteiger partial charge in [-0.3, -0.25) is 0 Å². The second kappa shape index (κ2) is 4.21. The van der Waals surface area contributed by atoms with Gasteiger partial charge in [0.1, 0.15) is 0 Å². The van der Waals surface area contributed by atoms with Gasteiger partial charge in [-0.25, -0.2) is 0 Å². The van der Waals surface area contributed by atoms with Crippen molar-refractivity contribution < 1.29 is 0 Å². The van der Waals surface area contributed by atoms with Crippen molar-refractivity contribution in [3.63, 3.8) is 0 Å². The van der Waals surface area contributed by atoms with E-state index in [0.29, 0.717) is 0 Å².